The van der Waals surface area contributed by atoms with E-state index in [1.54, 1.807) is 32.0 Å². The SMILES string of the molecule is CCOC(=O)c1cc(NC(=S)Nc2cc(Cl)ccc2Cl)cc(C(=O)OCC)c1. The van der Waals surface area contributed by atoms with Crippen LogP contribution in [-0.4, -0.2) is 30.3 Å². The highest BCUT2D eigenvalue weighted by molar-refractivity contribution is 7.80. The Balaban J connectivity index is 2.27. The third-order valence-electron chi connectivity index (χ3n) is 3.39. The first-order valence-corrected chi connectivity index (χ1v) is 9.52. The Morgan fingerprint density at radius 2 is 1.50 bits per heavy atom. The Labute approximate surface area is 178 Å². The topological polar surface area (TPSA) is 76.7 Å². The van der Waals surface area contributed by atoms with E-state index < -0.39 is 11.9 Å². The standard InChI is InChI=1S/C19H18Cl2N2O4S/c1-3-26-17(24)11-7-12(18(25)27-4-2)9-14(8-11)22-19(28)23-16-10-13(20)5-6-15(16)21/h5-10H,3-4H2,1-2H3,(H2,22,23,28). The van der Waals surface area contributed by atoms with Gasteiger partial charge in [-0.05, 0) is 62.5 Å². The van der Waals surface area contributed by atoms with E-state index in [0.29, 0.717) is 21.4 Å². The molecule has 0 bridgehead atoms. The molecule has 0 saturated carbocycles. The summed E-state index contributed by atoms with van der Waals surface area (Å²) in [4.78, 5) is 24.2. The van der Waals surface area contributed by atoms with Crippen LogP contribution in [-0.2, 0) is 9.47 Å². The number of halogens is 2. The average Bonchev–Trinajstić information content (AvgIpc) is 2.64. The van der Waals surface area contributed by atoms with Gasteiger partial charge in [0.2, 0.25) is 0 Å². The van der Waals surface area contributed by atoms with Crippen LogP contribution in [0.3, 0.4) is 0 Å². The molecular formula is C19H18Cl2N2O4S. The predicted molar refractivity (Wildman–Crippen MR) is 115 cm³/mol. The van der Waals surface area contributed by atoms with Crippen molar-refractivity contribution in [2.45, 2.75) is 13.8 Å². The molecule has 2 aromatic rings. The smallest absolute Gasteiger partial charge is 0.338 e. The van der Waals surface area contributed by atoms with Crippen molar-refractivity contribution in [2.24, 2.45) is 0 Å². The molecule has 0 heterocycles. The number of esters is 2. The number of carbonyl (C=O) groups excluding carboxylic acids is 2. The van der Waals surface area contributed by atoms with Crippen molar-refractivity contribution in [3.8, 4) is 0 Å². The van der Waals surface area contributed by atoms with E-state index in [4.69, 9.17) is 44.9 Å². The van der Waals surface area contributed by atoms with Crippen LogP contribution in [0.2, 0.25) is 10.0 Å². The zero-order valence-corrected chi connectivity index (χ0v) is 17.5. The lowest BCUT2D eigenvalue weighted by Crippen LogP contribution is -2.20. The fourth-order valence-electron chi connectivity index (χ4n) is 2.24. The van der Waals surface area contributed by atoms with Crippen LogP contribution in [0.1, 0.15) is 34.6 Å². The summed E-state index contributed by atoms with van der Waals surface area (Å²) >= 11 is 17.4. The largest absolute Gasteiger partial charge is 0.462 e. The van der Waals surface area contributed by atoms with Crippen molar-refractivity contribution >= 4 is 63.8 Å². The van der Waals surface area contributed by atoms with E-state index >= 15 is 0 Å². The van der Waals surface area contributed by atoms with Crippen molar-refractivity contribution in [3.63, 3.8) is 0 Å². The molecule has 2 rings (SSSR count). The Hall–Kier alpha value is -2.35. The first kappa shape index (κ1) is 21.9. The fourth-order valence-corrected chi connectivity index (χ4v) is 2.81. The van der Waals surface area contributed by atoms with Gasteiger partial charge in [-0.3, -0.25) is 0 Å². The van der Waals surface area contributed by atoms with E-state index in [2.05, 4.69) is 10.6 Å². The van der Waals surface area contributed by atoms with E-state index in [1.165, 1.54) is 18.2 Å². The molecule has 0 fully saturated rings. The maximum absolute atomic E-state index is 12.1. The maximum atomic E-state index is 12.1. The Morgan fingerprint density at radius 3 is 2.04 bits per heavy atom. The van der Waals surface area contributed by atoms with Crippen molar-refractivity contribution in [1.82, 2.24) is 0 Å². The monoisotopic (exact) mass is 440 g/mol. The minimum absolute atomic E-state index is 0.193. The lowest BCUT2D eigenvalue weighted by molar-refractivity contribution is 0.0525. The van der Waals surface area contributed by atoms with Gasteiger partial charge in [-0.25, -0.2) is 9.59 Å². The van der Waals surface area contributed by atoms with Gasteiger partial charge in [0.05, 0.1) is 35.1 Å². The van der Waals surface area contributed by atoms with Crippen molar-refractivity contribution in [3.05, 3.63) is 57.6 Å². The summed E-state index contributed by atoms with van der Waals surface area (Å²) in [6.45, 7) is 3.80. The molecule has 0 aromatic heterocycles. The molecule has 0 unspecified atom stereocenters. The van der Waals surface area contributed by atoms with Crippen molar-refractivity contribution in [2.75, 3.05) is 23.8 Å². The Kier molecular flexibility index (Phi) is 8.04. The number of nitrogens with one attached hydrogen (secondary N) is 2. The molecule has 0 spiro atoms. The molecule has 9 heteroatoms. The second kappa shape index (κ2) is 10.3. The highest BCUT2D eigenvalue weighted by Crippen LogP contribution is 2.26. The summed E-state index contributed by atoms with van der Waals surface area (Å²) in [5, 5.41) is 6.95. The molecule has 148 valence electrons. The summed E-state index contributed by atoms with van der Waals surface area (Å²) in [6.07, 6.45) is 0. The zero-order valence-electron chi connectivity index (χ0n) is 15.2. The highest BCUT2D eigenvalue weighted by Gasteiger charge is 2.15. The normalized spacial score (nSPS) is 10.1. The maximum Gasteiger partial charge on any atom is 0.338 e. The molecule has 0 aliphatic heterocycles. The van der Waals surface area contributed by atoms with Crippen molar-refractivity contribution < 1.29 is 19.1 Å². The quantitative estimate of drug-likeness (QED) is 0.474. The van der Waals surface area contributed by atoms with Gasteiger partial charge in [0.1, 0.15) is 0 Å². The Morgan fingerprint density at radius 1 is 0.929 bits per heavy atom. The van der Waals surface area contributed by atoms with Gasteiger partial charge in [-0.2, -0.15) is 0 Å². The molecule has 2 aromatic carbocycles. The van der Waals surface area contributed by atoms with Gasteiger partial charge in [0, 0.05) is 10.7 Å². The van der Waals surface area contributed by atoms with Crippen molar-refractivity contribution in [1.29, 1.82) is 0 Å². The number of hydrogen-bond acceptors (Lipinski definition) is 5. The van der Waals surface area contributed by atoms with E-state index in [9.17, 15) is 9.59 Å². The average molecular weight is 441 g/mol. The van der Waals surface area contributed by atoms with Crippen LogP contribution >= 0.6 is 35.4 Å². The summed E-state index contributed by atoms with van der Waals surface area (Å²) < 4.78 is 10.0. The first-order chi connectivity index (χ1) is 13.3. The van der Waals surface area contributed by atoms with Crippen LogP contribution in [0, 0.1) is 0 Å². The predicted octanol–water partition coefficient (Wildman–Crippen LogP) is 5.16. The summed E-state index contributed by atoms with van der Waals surface area (Å²) in [5.74, 6) is -1.12. The van der Waals surface area contributed by atoms with E-state index in [-0.39, 0.29) is 29.5 Å². The van der Waals surface area contributed by atoms with E-state index in [1.807, 2.05) is 0 Å². The minimum Gasteiger partial charge on any atom is -0.462 e. The number of hydrogen-bond donors (Lipinski definition) is 2. The molecule has 0 saturated heterocycles. The third kappa shape index (κ3) is 6.09. The zero-order chi connectivity index (χ0) is 20.7. The number of carbonyl (C=O) groups is 2. The van der Waals surface area contributed by atoms with Gasteiger partial charge in [0.15, 0.2) is 5.11 Å². The molecule has 6 nitrogen and oxygen atoms in total. The molecule has 0 radical (unpaired) electrons. The molecule has 0 aliphatic carbocycles. The molecular weight excluding hydrogens is 423 g/mol. The fraction of sp³-hybridized carbons (Fsp3) is 0.211. The number of benzene rings is 2. The number of rotatable bonds is 6. The lowest BCUT2D eigenvalue weighted by atomic mass is 10.1. The molecule has 28 heavy (non-hydrogen) atoms. The summed E-state index contributed by atoms with van der Waals surface area (Å²) in [6, 6.07) is 9.36. The van der Waals surface area contributed by atoms with Crippen LogP contribution in [0.4, 0.5) is 11.4 Å². The van der Waals surface area contributed by atoms with Gasteiger partial charge in [-0.1, -0.05) is 23.2 Å². The molecule has 0 amide bonds. The van der Waals surface area contributed by atoms with Crippen LogP contribution in [0.25, 0.3) is 0 Å². The highest BCUT2D eigenvalue weighted by atomic mass is 35.5. The number of ether oxygens (including phenoxy) is 2. The second-order valence-electron chi connectivity index (χ2n) is 5.44. The van der Waals surface area contributed by atoms with Gasteiger partial charge in [-0.15, -0.1) is 0 Å². The Bertz CT molecular complexity index is 869. The minimum atomic E-state index is -0.562. The number of thiocarbonyl (C=S) groups is 1. The summed E-state index contributed by atoms with van der Waals surface area (Å²) in [7, 11) is 0. The third-order valence-corrected chi connectivity index (χ3v) is 4.16. The van der Waals surface area contributed by atoms with Crippen LogP contribution in [0.5, 0.6) is 0 Å². The second-order valence-corrected chi connectivity index (χ2v) is 6.70. The van der Waals surface area contributed by atoms with Gasteiger partial charge >= 0.3 is 11.9 Å². The molecule has 0 atom stereocenters. The molecule has 0 aliphatic rings. The van der Waals surface area contributed by atoms with E-state index in [0.717, 1.165) is 0 Å². The van der Waals surface area contributed by atoms with Gasteiger partial charge < -0.3 is 20.1 Å². The first-order valence-electron chi connectivity index (χ1n) is 8.36. The van der Waals surface area contributed by atoms with Crippen LogP contribution in [0.15, 0.2) is 36.4 Å². The number of anilines is 2. The van der Waals surface area contributed by atoms with Crippen LogP contribution < -0.4 is 10.6 Å². The molecule has 2 N–H and O–H groups in total. The lowest BCUT2D eigenvalue weighted by Gasteiger charge is -2.14. The van der Waals surface area contributed by atoms with Gasteiger partial charge in [0.25, 0.3) is 0 Å². The summed E-state index contributed by atoms with van der Waals surface area (Å²) in [5.41, 5.74) is 1.31.